The fourth-order valence-electron chi connectivity index (χ4n) is 1.53. The Labute approximate surface area is 88.8 Å². The van der Waals surface area contributed by atoms with Gasteiger partial charge < -0.3 is 15.1 Å². The Morgan fingerprint density at radius 1 is 1.07 bits per heavy atom. The van der Waals surface area contributed by atoms with Crippen LogP contribution in [0.1, 0.15) is 5.56 Å². The third kappa shape index (κ3) is 3.95. The van der Waals surface area contributed by atoms with Crippen molar-refractivity contribution in [2.75, 3.05) is 26.3 Å². The topological polar surface area (TPSA) is 44.9 Å². The molecule has 1 aromatic rings. The summed E-state index contributed by atoms with van der Waals surface area (Å²) in [4.78, 5) is 0.977. The smallest absolute Gasteiger partial charge is 0.132 e. The van der Waals surface area contributed by atoms with Gasteiger partial charge in [0.05, 0.1) is 13.2 Å². The first-order valence-corrected chi connectivity index (χ1v) is 5.06. The van der Waals surface area contributed by atoms with Crippen molar-refractivity contribution in [2.45, 2.75) is 6.54 Å². The van der Waals surface area contributed by atoms with Gasteiger partial charge in [0.1, 0.15) is 25.5 Å². The van der Waals surface area contributed by atoms with E-state index >= 15 is 0 Å². The summed E-state index contributed by atoms with van der Waals surface area (Å²) in [5.41, 5.74) is 0.620. The fraction of sp³-hybridized carbons (Fsp3) is 0.455. The van der Waals surface area contributed by atoms with Crippen LogP contribution >= 0.6 is 0 Å². The van der Waals surface area contributed by atoms with Crippen LogP contribution in [-0.2, 0) is 6.54 Å². The number of benzene rings is 1. The molecule has 15 heavy (non-hydrogen) atoms. The van der Waals surface area contributed by atoms with Crippen molar-refractivity contribution in [3.63, 3.8) is 0 Å². The largest absolute Gasteiger partial charge is 0.391 e. The van der Waals surface area contributed by atoms with Crippen molar-refractivity contribution < 1.29 is 19.5 Å². The van der Waals surface area contributed by atoms with E-state index in [4.69, 9.17) is 10.2 Å². The van der Waals surface area contributed by atoms with Gasteiger partial charge in [-0.25, -0.2) is 4.39 Å². The monoisotopic (exact) mass is 214 g/mol. The Balaban J connectivity index is 2.60. The number of aliphatic hydroxyl groups excluding tert-OH is 2. The Kier molecular flexibility index (Phi) is 5.25. The second-order valence-corrected chi connectivity index (χ2v) is 3.47. The molecular weight excluding hydrogens is 197 g/mol. The van der Waals surface area contributed by atoms with Crippen molar-refractivity contribution in [1.29, 1.82) is 0 Å². The summed E-state index contributed by atoms with van der Waals surface area (Å²) < 4.78 is 13.3. The quantitative estimate of drug-likeness (QED) is 0.580. The van der Waals surface area contributed by atoms with Gasteiger partial charge in [-0.15, -0.1) is 0 Å². The third-order valence-corrected chi connectivity index (χ3v) is 2.33. The minimum atomic E-state index is -0.231. The lowest BCUT2D eigenvalue weighted by Gasteiger charge is -2.17. The lowest BCUT2D eigenvalue weighted by molar-refractivity contribution is -0.914. The van der Waals surface area contributed by atoms with E-state index in [1.165, 1.54) is 6.07 Å². The average Bonchev–Trinajstić information content (AvgIpc) is 2.22. The maximum absolute atomic E-state index is 13.3. The van der Waals surface area contributed by atoms with Crippen molar-refractivity contribution in [2.24, 2.45) is 0 Å². The van der Waals surface area contributed by atoms with Crippen LogP contribution in [0.3, 0.4) is 0 Å². The zero-order chi connectivity index (χ0) is 11.1. The van der Waals surface area contributed by atoms with E-state index in [9.17, 15) is 4.39 Å². The summed E-state index contributed by atoms with van der Waals surface area (Å²) in [6.07, 6.45) is 0. The molecule has 3 N–H and O–H groups in total. The van der Waals surface area contributed by atoms with Gasteiger partial charge in [0.25, 0.3) is 0 Å². The number of halogens is 1. The second-order valence-electron chi connectivity index (χ2n) is 3.47. The fourth-order valence-corrected chi connectivity index (χ4v) is 1.53. The highest BCUT2D eigenvalue weighted by Gasteiger charge is 2.10. The van der Waals surface area contributed by atoms with E-state index in [1.807, 2.05) is 0 Å². The first-order valence-electron chi connectivity index (χ1n) is 5.06. The summed E-state index contributed by atoms with van der Waals surface area (Å²) in [5, 5.41) is 17.6. The molecule has 0 unspecified atom stereocenters. The van der Waals surface area contributed by atoms with Crippen LogP contribution in [-0.4, -0.2) is 36.5 Å². The molecule has 0 amide bonds. The minimum Gasteiger partial charge on any atom is -0.391 e. The molecule has 3 nitrogen and oxygen atoms in total. The van der Waals surface area contributed by atoms with Gasteiger partial charge in [-0.2, -0.15) is 0 Å². The number of hydrogen-bond acceptors (Lipinski definition) is 2. The van der Waals surface area contributed by atoms with E-state index in [0.717, 1.165) is 4.90 Å². The highest BCUT2D eigenvalue weighted by molar-refractivity contribution is 5.15. The molecule has 0 saturated carbocycles. The molecule has 84 valence electrons. The molecule has 0 radical (unpaired) electrons. The van der Waals surface area contributed by atoms with E-state index in [1.54, 1.807) is 18.2 Å². The zero-order valence-corrected chi connectivity index (χ0v) is 8.62. The summed E-state index contributed by atoms with van der Waals surface area (Å²) in [5.74, 6) is -0.231. The maximum atomic E-state index is 13.3. The molecule has 4 heteroatoms. The number of nitrogens with one attached hydrogen (secondary N) is 1. The van der Waals surface area contributed by atoms with Crippen LogP contribution in [0.4, 0.5) is 4.39 Å². The number of aliphatic hydroxyl groups is 2. The Bertz CT molecular complexity index is 288. The van der Waals surface area contributed by atoms with Gasteiger partial charge in [0.2, 0.25) is 0 Å². The van der Waals surface area contributed by atoms with Crippen LogP contribution in [0.2, 0.25) is 0 Å². The normalized spacial score (nSPS) is 10.9. The van der Waals surface area contributed by atoms with Crippen LogP contribution in [0.15, 0.2) is 24.3 Å². The lowest BCUT2D eigenvalue weighted by Crippen LogP contribution is -3.11. The first kappa shape index (κ1) is 12.1. The van der Waals surface area contributed by atoms with E-state index in [0.29, 0.717) is 25.2 Å². The van der Waals surface area contributed by atoms with Crippen LogP contribution < -0.4 is 4.90 Å². The standard InChI is InChI=1S/C11H16FNO2/c12-11-4-2-1-3-10(11)9-13(5-7-14)6-8-15/h1-4,14-15H,5-9H2/p+1. The number of rotatable bonds is 6. The number of hydrogen-bond donors (Lipinski definition) is 3. The molecule has 0 spiro atoms. The van der Waals surface area contributed by atoms with Crippen LogP contribution in [0.25, 0.3) is 0 Å². The Morgan fingerprint density at radius 2 is 1.67 bits per heavy atom. The summed E-state index contributed by atoms with van der Waals surface area (Å²) in [6, 6.07) is 6.58. The van der Waals surface area contributed by atoms with E-state index < -0.39 is 0 Å². The van der Waals surface area contributed by atoms with Crippen molar-refractivity contribution in [1.82, 2.24) is 0 Å². The molecule has 0 aromatic heterocycles. The van der Waals surface area contributed by atoms with Gasteiger partial charge in [-0.05, 0) is 6.07 Å². The zero-order valence-electron chi connectivity index (χ0n) is 8.62. The Hall–Kier alpha value is -0.970. The number of quaternary nitrogens is 1. The summed E-state index contributed by atoms with van der Waals surface area (Å²) in [6.45, 7) is 1.63. The Morgan fingerprint density at radius 3 is 2.20 bits per heavy atom. The van der Waals surface area contributed by atoms with Crippen molar-refractivity contribution >= 4 is 0 Å². The predicted molar refractivity (Wildman–Crippen MR) is 55.0 cm³/mol. The molecule has 0 fully saturated rings. The van der Waals surface area contributed by atoms with Gasteiger partial charge in [-0.1, -0.05) is 18.2 Å². The molecule has 0 aliphatic heterocycles. The van der Waals surface area contributed by atoms with E-state index in [2.05, 4.69) is 0 Å². The molecule has 0 atom stereocenters. The highest BCUT2D eigenvalue weighted by atomic mass is 19.1. The van der Waals surface area contributed by atoms with Crippen LogP contribution in [0, 0.1) is 5.82 Å². The van der Waals surface area contributed by atoms with Gasteiger partial charge >= 0.3 is 0 Å². The molecule has 1 rings (SSSR count). The van der Waals surface area contributed by atoms with E-state index in [-0.39, 0.29) is 19.0 Å². The SMILES string of the molecule is OCC[NH+](CCO)Cc1ccccc1F. The second kappa shape index (κ2) is 6.50. The molecule has 0 heterocycles. The van der Waals surface area contributed by atoms with Gasteiger partial charge in [0.15, 0.2) is 0 Å². The predicted octanol–water partition coefficient (Wildman–Crippen LogP) is -0.805. The summed E-state index contributed by atoms with van der Waals surface area (Å²) in [7, 11) is 0. The molecule has 0 aliphatic carbocycles. The average molecular weight is 214 g/mol. The van der Waals surface area contributed by atoms with Gasteiger partial charge in [-0.3, -0.25) is 0 Å². The molecule has 0 aliphatic rings. The third-order valence-electron chi connectivity index (χ3n) is 2.33. The van der Waals surface area contributed by atoms with Gasteiger partial charge in [0, 0.05) is 5.56 Å². The summed E-state index contributed by atoms with van der Waals surface area (Å²) >= 11 is 0. The molecule has 0 saturated heterocycles. The van der Waals surface area contributed by atoms with Crippen molar-refractivity contribution in [3.8, 4) is 0 Å². The molecule has 0 bridgehead atoms. The molecular formula is C11H17FNO2+. The first-order chi connectivity index (χ1) is 7.27. The lowest BCUT2D eigenvalue weighted by atomic mass is 10.2. The molecule has 1 aromatic carbocycles. The van der Waals surface area contributed by atoms with Crippen molar-refractivity contribution in [3.05, 3.63) is 35.6 Å². The maximum Gasteiger partial charge on any atom is 0.132 e. The highest BCUT2D eigenvalue weighted by Crippen LogP contribution is 2.03. The minimum absolute atomic E-state index is 0.0454. The van der Waals surface area contributed by atoms with Crippen LogP contribution in [0.5, 0.6) is 0 Å².